The fraction of sp³-hybridized carbons (Fsp3) is 0.310. The molecule has 2 saturated carbocycles. The normalized spacial score (nSPS) is 25.5. The van der Waals surface area contributed by atoms with Gasteiger partial charge in [-0.25, -0.2) is 0 Å². The van der Waals surface area contributed by atoms with Crippen LogP contribution in [-0.4, -0.2) is 6.17 Å². The van der Waals surface area contributed by atoms with E-state index < -0.39 is 0 Å². The van der Waals surface area contributed by atoms with Crippen LogP contribution in [0.5, 0.6) is 0 Å². The Balaban J connectivity index is 0.850. The summed E-state index contributed by atoms with van der Waals surface area (Å²) in [6.07, 6.45) is 27.2. The van der Waals surface area contributed by atoms with Gasteiger partial charge in [-0.05, 0) is 146 Å². The van der Waals surface area contributed by atoms with Crippen LogP contribution in [0.3, 0.4) is 0 Å². The maximum absolute atomic E-state index is 4.20. The maximum atomic E-state index is 4.20. The first kappa shape index (κ1) is 36.6. The molecule has 62 heavy (non-hydrogen) atoms. The number of allylic oxidation sites excluding steroid dienone is 5. The van der Waals surface area contributed by atoms with E-state index in [4.69, 9.17) is 0 Å². The van der Waals surface area contributed by atoms with Crippen LogP contribution in [0.1, 0.15) is 127 Å². The molecule has 2 aliphatic heterocycles. The van der Waals surface area contributed by atoms with Crippen molar-refractivity contribution in [2.24, 2.45) is 5.92 Å². The second-order valence-corrected chi connectivity index (χ2v) is 21.8. The van der Waals surface area contributed by atoms with Gasteiger partial charge in [0, 0.05) is 37.6 Å². The number of thioether (sulfide) groups is 1. The molecule has 4 atom stereocenters. The Kier molecular flexibility index (Phi) is 8.15. The molecule has 6 aliphatic carbocycles. The van der Waals surface area contributed by atoms with Gasteiger partial charge in [-0.2, -0.15) is 0 Å². The Morgan fingerprint density at radius 2 is 1.29 bits per heavy atom. The van der Waals surface area contributed by atoms with Crippen molar-refractivity contribution in [1.82, 2.24) is 10.6 Å². The van der Waals surface area contributed by atoms with Crippen molar-refractivity contribution in [2.75, 3.05) is 0 Å². The third-order valence-electron chi connectivity index (χ3n) is 16.7. The lowest BCUT2D eigenvalue weighted by atomic mass is 9.66. The first-order chi connectivity index (χ1) is 30.7. The van der Waals surface area contributed by atoms with Gasteiger partial charge in [0.1, 0.15) is 0 Å². The van der Waals surface area contributed by atoms with E-state index in [9.17, 15) is 0 Å². The van der Waals surface area contributed by atoms with Crippen LogP contribution in [0.25, 0.3) is 49.5 Å². The molecular weight excluding hydrogens is 789 g/mol. The summed E-state index contributed by atoms with van der Waals surface area (Å²) in [4.78, 5) is 2.99. The third kappa shape index (κ3) is 5.15. The monoisotopic (exact) mass is 840 g/mol. The van der Waals surface area contributed by atoms with Gasteiger partial charge in [0.25, 0.3) is 0 Å². The summed E-state index contributed by atoms with van der Waals surface area (Å²) in [5.74, 6) is 0.804. The Labute approximate surface area is 374 Å². The van der Waals surface area contributed by atoms with Crippen molar-refractivity contribution < 1.29 is 0 Å². The highest BCUT2D eigenvalue weighted by atomic mass is 32.2. The summed E-state index contributed by atoms with van der Waals surface area (Å²) in [6, 6.07) is 41.3. The van der Waals surface area contributed by atoms with Crippen molar-refractivity contribution in [3.63, 3.8) is 0 Å². The second-order valence-electron chi connectivity index (χ2n) is 19.7. The highest BCUT2D eigenvalue weighted by Crippen LogP contribution is 2.62. The molecule has 0 saturated heterocycles. The number of hydrogen-bond acceptors (Lipinski definition) is 4. The van der Waals surface area contributed by atoms with Crippen LogP contribution < -0.4 is 10.6 Å². The zero-order valence-corrected chi connectivity index (χ0v) is 36.9. The number of thiophene rings is 1. The molecule has 306 valence electrons. The van der Waals surface area contributed by atoms with Gasteiger partial charge in [0.15, 0.2) is 0 Å². The molecule has 2 spiro atoms. The predicted octanol–water partition coefficient (Wildman–Crippen LogP) is 15.2. The van der Waals surface area contributed by atoms with Crippen LogP contribution in [0.2, 0.25) is 0 Å². The molecule has 5 aromatic carbocycles. The Bertz CT molecular complexity index is 2980. The van der Waals surface area contributed by atoms with E-state index in [1.54, 1.807) is 27.8 Å². The van der Waals surface area contributed by atoms with Gasteiger partial charge < -0.3 is 5.32 Å². The number of rotatable bonds is 3. The maximum Gasteiger partial charge on any atom is 0.0861 e. The van der Waals surface area contributed by atoms with E-state index in [-0.39, 0.29) is 23.0 Å². The molecule has 14 rings (SSSR count). The minimum Gasteiger partial charge on any atom is -0.364 e. The molecule has 2 N–H and O–H groups in total. The van der Waals surface area contributed by atoms with Gasteiger partial charge in [0.05, 0.1) is 17.2 Å². The number of fused-ring (bicyclic) bond motifs is 15. The summed E-state index contributed by atoms with van der Waals surface area (Å²) in [5.41, 5.74) is 19.8. The molecule has 0 radical (unpaired) electrons. The van der Waals surface area contributed by atoms with Gasteiger partial charge in [0.2, 0.25) is 0 Å². The average molecular weight is 841 g/mol. The third-order valence-corrected chi connectivity index (χ3v) is 19.2. The molecule has 0 amide bonds. The molecule has 8 aliphatic rings. The molecule has 4 heteroatoms. The summed E-state index contributed by atoms with van der Waals surface area (Å²) in [5, 5.41) is 11.1. The van der Waals surface area contributed by atoms with Crippen molar-refractivity contribution in [3.8, 4) is 33.4 Å². The SMILES string of the molecule is C1=CCC2C(=C1)SC1=C2C(c2ccccc2)NC(C2CC=Cc3c2sc2ccc(-c4ccc5c(c4)-c4cc6c(cc4C54CCCCC4)-c4ccccc4C64CCCCC4)cc32)N1. The van der Waals surface area contributed by atoms with Crippen LogP contribution in [0.15, 0.2) is 143 Å². The Morgan fingerprint density at radius 1 is 0.597 bits per heavy atom. The predicted molar refractivity (Wildman–Crippen MR) is 261 cm³/mol. The first-order valence-corrected chi connectivity index (χ1v) is 25.3. The minimum absolute atomic E-state index is 0.129. The Morgan fingerprint density at radius 3 is 2.10 bits per heavy atom. The summed E-state index contributed by atoms with van der Waals surface area (Å²) in [6.45, 7) is 0. The molecule has 4 unspecified atom stereocenters. The number of hydrogen-bond donors (Lipinski definition) is 2. The number of nitrogens with one attached hydrogen (secondary N) is 2. The average Bonchev–Trinajstić information content (AvgIpc) is 4.05. The topological polar surface area (TPSA) is 24.1 Å². The van der Waals surface area contributed by atoms with E-state index in [1.165, 1.54) is 134 Å². The zero-order valence-electron chi connectivity index (χ0n) is 35.3. The van der Waals surface area contributed by atoms with E-state index in [0.29, 0.717) is 11.8 Å². The van der Waals surface area contributed by atoms with E-state index in [1.807, 2.05) is 23.1 Å². The lowest BCUT2D eigenvalue weighted by Gasteiger charge is -2.40. The van der Waals surface area contributed by atoms with Gasteiger partial charge in [-0.3, -0.25) is 5.32 Å². The smallest absolute Gasteiger partial charge is 0.0861 e. The molecule has 2 fully saturated rings. The highest BCUT2D eigenvalue weighted by Gasteiger charge is 2.49. The summed E-state index contributed by atoms with van der Waals surface area (Å²) in [7, 11) is 0. The van der Waals surface area contributed by atoms with Gasteiger partial charge in [-0.15, -0.1) is 11.3 Å². The molecule has 2 nitrogen and oxygen atoms in total. The molecular formula is C58H52N2S2. The molecule has 3 heterocycles. The van der Waals surface area contributed by atoms with E-state index in [2.05, 4.69) is 144 Å². The van der Waals surface area contributed by atoms with Crippen LogP contribution >= 0.6 is 23.1 Å². The van der Waals surface area contributed by atoms with E-state index in [0.717, 1.165) is 12.8 Å². The van der Waals surface area contributed by atoms with Gasteiger partial charge in [-0.1, -0.05) is 153 Å². The second kappa shape index (κ2) is 13.8. The summed E-state index contributed by atoms with van der Waals surface area (Å²) < 4.78 is 1.39. The molecule has 0 bridgehead atoms. The summed E-state index contributed by atoms with van der Waals surface area (Å²) >= 11 is 3.99. The lowest BCUT2D eigenvalue weighted by molar-refractivity contribution is 0.337. The van der Waals surface area contributed by atoms with E-state index >= 15 is 0 Å². The minimum atomic E-state index is 0.129. The number of benzene rings is 5. The zero-order chi connectivity index (χ0) is 40.6. The molecule has 1 aromatic heterocycles. The quantitative estimate of drug-likeness (QED) is 0.186. The van der Waals surface area contributed by atoms with Crippen molar-refractivity contribution in [1.29, 1.82) is 0 Å². The van der Waals surface area contributed by atoms with Crippen LogP contribution in [0.4, 0.5) is 0 Å². The standard InChI is InChI=1S/C58H52N2S2/c1-4-15-35(16-5-1)53-52-40-18-7-9-22-50(40)62-56(52)60-55(59-53)41-20-14-19-39-45-32-37(24-26-51(45)61-54(39)41)36-23-25-47-42(31-36)44-34-48-43(33-49(44)58(47)29-12-3-13-30-58)38-17-6-8-21-46(38)57(48)27-10-2-11-28-57/h1,4-9,14-17,19,21-26,31-34,40-41,53,55,59-60H,2-3,10-13,18,20,27-30H2. The first-order valence-electron chi connectivity index (χ1n) is 23.7. The lowest BCUT2D eigenvalue weighted by Crippen LogP contribution is -2.51. The fourth-order valence-electron chi connectivity index (χ4n) is 13.9. The molecule has 6 aromatic rings. The van der Waals surface area contributed by atoms with Crippen molar-refractivity contribution in [3.05, 3.63) is 181 Å². The Hall–Kier alpha value is -4.87. The van der Waals surface area contributed by atoms with Crippen LogP contribution in [0, 0.1) is 5.92 Å². The largest absolute Gasteiger partial charge is 0.364 e. The van der Waals surface area contributed by atoms with Gasteiger partial charge >= 0.3 is 0 Å². The van der Waals surface area contributed by atoms with Crippen molar-refractivity contribution in [2.45, 2.75) is 106 Å². The highest BCUT2D eigenvalue weighted by molar-refractivity contribution is 8.07. The van der Waals surface area contributed by atoms with Crippen LogP contribution in [-0.2, 0) is 10.8 Å². The fourth-order valence-corrected chi connectivity index (χ4v) is 16.5. The van der Waals surface area contributed by atoms with Crippen molar-refractivity contribution >= 4 is 39.3 Å².